The molecule has 0 aliphatic rings. The lowest BCUT2D eigenvalue weighted by Crippen LogP contribution is -2.18. The number of thiocarbonyl (C=S) groups is 1. The smallest absolute Gasteiger partial charge is 0.104 e. The van der Waals surface area contributed by atoms with Crippen molar-refractivity contribution >= 4 is 33.7 Å². The molecule has 3 nitrogen and oxygen atoms in total. The fraction of sp³-hybridized carbons (Fsp3) is 0.267. The average Bonchev–Trinajstić information content (AvgIpc) is 2.43. The molecule has 0 aliphatic carbocycles. The van der Waals surface area contributed by atoms with E-state index >= 15 is 0 Å². The van der Waals surface area contributed by atoms with Crippen LogP contribution in [0.25, 0.3) is 10.8 Å². The first kappa shape index (κ1) is 13.8. The topological polar surface area (TPSA) is 47.3 Å². The maximum Gasteiger partial charge on any atom is 0.104 e. The minimum atomic E-state index is 0.161. The van der Waals surface area contributed by atoms with Crippen LogP contribution in [-0.2, 0) is 4.74 Å². The van der Waals surface area contributed by atoms with Crippen molar-refractivity contribution in [3.05, 3.63) is 42.0 Å². The van der Waals surface area contributed by atoms with Crippen molar-refractivity contribution in [2.75, 3.05) is 19.0 Å². The molecule has 0 radical (unpaired) electrons. The molecule has 2 aromatic carbocycles. The largest absolute Gasteiger partial charge is 0.389 e. The quantitative estimate of drug-likeness (QED) is 0.823. The van der Waals surface area contributed by atoms with E-state index in [2.05, 4.69) is 11.4 Å². The summed E-state index contributed by atoms with van der Waals surface area (Å²) in [4.78, 5) is 0.424. The highest BCUT2D eigenvalue weighted by atomic mass is 32.1. The van der Waals surface area contributed by atoms with E-state index in [4.69, 9.17) is 22.7 Å². The van der Waals surface area contributed by atoms with Gasteiger partial charge in [-0.3, -0.25) is 0 Å². The predicted molar refractivity (Wildman–Crippen MR) is 84.8 cm³/mol. The van der Waals surface area contributed by atoms with Crippen molar-refractivity contribution in [1.29, 1.82) is 0 Å². The zero-order valence-corrected chi connectivity index (χ0v) is 12.0. The second-order valence-electron chi connectivity index (χ2n) is 4.50. The number of hydrogen-bond acceptors (Lipinski definition) is 3. The SMILES string of the molecule is COC(C)CNc1ccc(C(N)=S)c2ccccc12. The Morgan fingerprint density at radius 1 is 1.26 bits per heavy atom. The van der Waals surface area contributed by atoms with Gasteiger partial charge < -0.3 is 15.8 Å². The standard InChI is InChI=1S/C15H18N2OS/c1-10(18-2)9-17-14-8-7-13(15(16)19)11-5-3-4-6-12(11)14/h3-8,10,17H,9H2,1-2H3,(H2,16,19). The van der Waals surface area contributed by atoms with E-state index < -0.39 is 0 Å². The molecule has 2 rings (SSSR count). The number of benzene rings is 2. The van der Waals surface area contributed by atoms with Crippen molar-refractivity contribution in [2.24, 2.45) is 5.73 Å². The highest BCUT2D eigenvalue weighted by Gasteiger charge is 2.08. The molecule has 1 atom stereocenters. The number of rotatable bonds is 5. The average molecular weight is 274 g/mol. The van der Waals surface area contributed by atoms with Crippen molar-refractivity contribution < 1.29 is 4.74 Å². The monoisotopic (exact) mass is 274 g/mol. The van der Waals surface area contributed by atoms with Crippen molar-refractivity contribution in [2.45, 2.75) is 13.0 Å². The molecule has 100 valence electrons. The third-order valence-electron chi connectivity index (χ3n) is 3.17. The van der Waals surface area contributed by atoms with Gasteiger partial charge in [0.25, 0.3) is 0 Å². The minimum absolute atomic E-state index is 0.161. The van der Waals surface area contributed by atoms with Gasteiger partial charge in [0.1, 0.15) is 4.99 Å². The molecule has 0 heterocycles. The van der Waals surface area contributed by atoms with Gasteiger partial charge in [-0.25, -0.2) is 0 Å². The van der Waals surface area contributed by atoms with Gasteiger partial charge in [0.2, 0.25) is 0 Å². The normalized spacial score (nSPS) is 12.3. The molecule has 0 saturated carbocycles. The van der Waals surface area contributed by atoms with Crippen LogP contribution in [-0.4, -0.2) is 24.7 Å². The lowest BCUT2D eigenvalue weighted by atomic mass is 10.0. The maximum absolute atomic E-state index is 5.76. The van der Waals surface area contributed by atoms with Gasteiger partial charge in [-0.15, -0.1) is 0 Å². The zero-order chi connectivity index (χ0) is 13.8. The summed E-state index contributed by atoms with van der Waals surface area (Å²) in [5.41, 5.74) is 7.75. The fourth-order valence-electron chi connectivity index (χ4n) is 2.01. The first-order valence-corrected chi connectivity index (χ1v) is 6.62. The molecule has 0 amide bonds. The Bertz CT molecular complexity index is 598. The third-order valence-corrected chi connectivity index (χ3v) is 3.39. The summed E-state index contributed by atoms with van der Waals surface area (Å²) < 4.78 is 5.24. The summed E-state index contributed by atoms with van der Waals surface area (Å²) in [5, 5.41) is 5.59. The number of nitrogens with one attached hydrogen (secondary N) is 1. The molecule has 3 N–H and O–H groups in total. The van der Waals surface area contributed by atoms with Gasteiger partial charge in [-0.2, -0.15) is 0 Å². The van der Waals surface area contributed by atoms with Crippen LogP contribution in [0, 0.1) is 0 Å². The molecule has 0 bridgehead atoms. The Hall–Kier alpha value is -1.65. The predicted octanol–water partition coefficient (Wildman–Crippen LogP) is 2.92. The van der Waals surface area contributed by atoms with Gasteiger partial charge in [0.15, 0.2) is 0 Å². The first-order valence-electron chi connectivity index (χ1n) is 6.21. The first-order chi connectivity index (χ1) is 9.13. The third kappa shape index (κ3) is 3.03. The zero-order valence-electron chi connectivity index (χ0n) is 11.1. The lowest BCUT2D eigenvalue weighted by molar-refractivity contribution is 0.129. The van der Waals surface area contributed by atoms with Crippen LogP contribution >= 0.6 is 12.2 Å². The summed E-state index contributed by atoms with van der Waals surface area (Å²) in [6.45, 7) is 2.78. The highest BCUT2D eigenvalue weighted by Crippen LogP contribution is 2.26. The lowest BCUT2D eigenvalue weighted by Gasteiger charge is -2.15. The van der Waals surface area contributed by atoms with Gasteiger partial charge in [0.05, 0.1) is 6.10 Å². The van der Waals surface area contributed by atoms with Crippen LogP contribution < -0.4 is 11.1 Å². The van der Waals surface area contributed by atoms with E-state index in [1.165, 1.54) is 0 Å². The molecule has 19 heavy (non-hydrogen) atoms. The van der Waals surface area contributed by atoms with Crippen LogP contribution in [0.5, 0.6) is 0 Å². The van der Waals surface area contributed by atoms with Crippen molar-refractivity contribution in [1.82, 2.24) is 0 Å². The molecule has 0 spiro atoms. The van der Waals surface area contributed by atoms with Crippen LogP contribution in [0.1, 0.15) is 12.5 Å². The summed E-state index contributed by atoms with van der Waals surface area (Å²) in [7, 11) is 1.71. The Labute approximate surface area is 118 Å². The molecular weight excluding hydrogens is 256 g/mol. The molecule has 1 unspecified atom stereocenters. The summed E-state index contributed by atoms with van der Waals surface area (Å²) in [6, 6.07) is 12.1. The molecular formula is C15H18N2OS. The van der Waals surface area contributed by atoms with Crippen LogP contribution in [0.3, 0.4) is 0 Å². The molecule has 0 aliphatic heterocycles. The maximum atomic E-state index is 5.76. The van der Waals surface area contributed by atoms with E-state index in [1.807, 2.05) is 37.3 Å². The summed E-state index contributed by atoms with van der Waals surface area (Å²) >= 11 is 5.10. The number of ether oxygens (including phenoxy) is 1. The summed E-state index contributed by atoms with van der Waals surface area (Å²) in [5.74, 6) is 0. The number of methoxy groups -OCH3 is 1. The molecule has 2 aromatic rings. The Morgan fingerprint density at radius 2 is 1.95 bits per heavy atom. The van der Waals surface area contributed by atoms with Crippen LogP contribution in [0.4, 0.5) is 5.69 Å². The van der Waals surface area contributed by atoms with Crippen molar-refractivity contribution in [3.63, 3.8) is 0 Å². The van der Waals surface area contributed by atoms with E-state index in [9.17, 15) is 0 Å². The second-order valence-corrected chi connectivity index (χ2v) is 4.94. The molecule has 0 aromatic heterocycles. The van der Waals surface area contributed by atoms with Gasteiger partial charge >= 0.3 is 0 Å². The second kappa shape index (κ2) is 5.99. The van der Waals surface area contributed by atoms with Crippen LogP contribution in [0.15, 0.2) is 36.4 Å². The highest BCUT2D eigenvalue weighted by molar-refractivity contribution is 7.80. The molecule has 0 fully saturated rings. The van der Waals surface area contributed by atoms with Gasteiger partial charge in [0, 0.05) is 30.3 Å². The van der Waals surface area contributed by atoms with Gasteiger partial charge in [-0.1, -0.05) is 36.5 Å². The number of hydrogen-bond donors (Lipinski definition) is 2. The number of anilines is 1. The minimum Gasteiger partial charge on any atom is -0.389 e. The number of fused-ring (bicyclic) bond motifs is 1. The van der Waals surface area contributed by atoms with E-state index in [0.717, 1.165) is 28.6 Å². The van der Waals surface area contributed by atoms with E-state index in [0.29, 0.717) is 4.99 Å². The van der Waals surface area contributed by atoms with E-state index in [1.54, 1.807) is 7.11 Å². The van der Waals surface area contributed by atoms with Crippen molar-refractivity contribution in [3.8, 4) is 0 Å². The molecule has 4 heteroatoms. The van der Waals surface area contributed by atoms with E-state index in [-0.39, 0.29) is 6.10 Å². The Balaban J connectivity index is 2.41. The number of nitrogens with two attached hydrogens (primary N) is 1. The van der Waals surface area contributed by atoms with Crippen LogP contribution in [0.2, 0.25) is 0 Å². The van der Waals surface area contributed by atoms with Gasteiger partial charge in [-0.05, 0) is 24.4 Å². The molecule has 0 saturated heterocycles. The Morgan fingerprint density at radius 3 is 2.58 bits per heavy atom. The Kier molecular flexibility index (Phi) is 4.35. The summed E-state index contributed by atoms with van der Waals surface area (Å²) in [6.07, 6.45) is 0.161. The fourth-order valence-corrected chi connectivity index (χ4v) is 2.18.